The number of nitrogens with one attached hydrogen (secondary N) is 1. The lowest BCUT2D eigenvalue weighted by Crippen LogP contribution is -2.23. The summed E-state index contributed by atoms with van der Waals surface area (Å²) in [4.78, 5) is 11.2. The van der Waals surface area contributed by atoms with E-state index < -0.39 is 0 Å². The maximum absolute atomic E-state index is 11.2. The molecule has 0 saturated heterocycles. The molecule has 15 heavy (non-hydrogen) atoms. The van der Waals surface area contributed by atoms with Crippen LogP contribution in [0, 0.1) is 0 Å². The molecule has 0 heterocycles. The average Bonchev–Trinajstić information content (AvgIpc) is 2.28. The summed E-state index contributed by atoms with van der Waals surface area (Å²) in [6.45, 7) is 5.55. The zero-order valence-electron chi connectivity index (χ0n) is 8.99. The Morgan fingerprint density at radius 2 is 2.00 bits per heavy atom. The molecule has 0 radical (unpaired) electrons. The van der Waals surface area contributed by atoms with Crippen LogP contribution in [-0.2, 0) is 9.53 Å². The minimum absolute atomic E-state index is 0.139. The van der Waals surface area contributed by atoms with Crippen molar-refractivity contribution >= 4 is 11.7 Å². The molecule has 1 unspecified atom stereocenters. The van der Waals surface area contributed by atoms with Gasteiger partial charge >= 0.3 is 5.97 Å². The molecule has 1 atom stereocenters. The number of rotatable bonds is 4. The van der Waals surface area contributed by atoms with Crippen molar-refractivity contribution in [2.75, 3.05) is 12.4 Å². The van der Waals surface area contributed by atoms with Gasteiger partial charge in [0, 0.05) is 5.69 Å². The molecule has 3 heteroatoms. The van der Waals surface area contributed by atoms with E-state index >= 15 is 0 Å². The van der Waals surface area contributed by atoms with Gasteiger partial charge in [0.1, 0.15) is 0 Å². The maximum Gasteiger partial charge on any atom is 0.335 e. The van der Waals surface area contributed by atoms with Crippen molar-refractivity contribution in [3.05, 3.63) is 42.5 Å². The fourth-order valence-electron chi connectivity index (χ4n) is 1.18. The summed E-state index contributed by atoms with van der Waals surface area (Å²) in [5.41, 5.74) is 1.37. The van der Waals surface area contributed by atoms with E-state index in [9.17, 15) is 4.79 Å². The number of ether oxygens (including phenoxy) is 1. The molecule has 1 aromatic rings. The van der Waals surface area contributed by atoms with Gasteiger partial charge in [-0.1, -0.05) is 24.8 Å². The fraction of sp³-hybridized carbons (Fsp3) is 0.250. The Balaban J connectivity index is 2.60. The van der Waals surface area contributed by atoms with E-state index in [4.69, 9.17) is 0 Å². The number of anilines is 1. The van der Waals surface area contributed by atoms with E-state index in [1.165, 1.54) is 7.11 Å². The number of hydrogen-bond donors (Lipinski definition) is 1. The van der Waals surface area contributed by atoms with Gasteiger partial charge in [0.15, 0.2) is 0 Å². The molecule has 80 valence electrons. The van der Waals surface area contributed by atoms with E-state index in [2.05, 4.69) is 16.6 Å². The topological polar surface area (TPSA) is 38.3 Å². The van der Waals surface area contributed by atoms with Crippen molar-refractivity contribution in [2.24, 2.45) is 0 Å². The van der Waals surface area contributed by atoms with Crippen LogP contribution in [-0.4, -0.2) is 19.1 Å². The minimum atomic E-state index is -0.383. The second kappa shape index (κ2) is 5.20. The normalized spacial score (nSPS) is 11.6. The number of para-hydroxylation sites is 1. The van der Waals surface area contributed by atoms with E-state index in [0.717, 1.165) is 5.69 Å². The summed E-state index contributed by atoms with van der Waals surface area (Å²) in [6, 6.07) is 9.51. The van der Waals surface area contributed by atoms with Crippen molar-refractivity contribution in [1.29, 1.82) is 0 Å². The van der Waals surface area contributed by atoms with Gasteiger partial charge in [-0.25, -0.2) is 4.79 Å². The monoisotopic (exact) mass is 205 g/mol. The van der Waals surface area contributed by atoms with E-state index in [1.807, 2.05) is 37.3 Å². The van der Waals surface area contributed by atoms with Crippen molar-refractivity contribution in [3.63, 3.8) is 0 Å². The molecule has 0 aliphatic rings. The van der Waals surface area contributed by atoms with Crippen LogP contribution in [0.5, 0.6) is 0 Å². The van der Waals surface area contributed by atoms with Gasteiger partial charge in [0.2, 0.25) is 0 Å². The van der Waals surface area contributed by atoms with Gasteiger partial charge in [-0.05, 0) is 19.1 Å². The van der Waals surface area contributed by atoms with Gasteiger partial charge in [0.05, 0.1) is 18.7 Å². The van der Waals surface area contributed by atoms with Crippen LogP contribution in [0.15, 0.2) is 42.5 Å². The number of methoxy groups -OCH3 is 1. The maximum atomic E-state index is 11.2. The van der Waals surface area contributed by atoms with Crippen LogP contribution >= 0.6 is 0 Å². The Morgan fingerprint density at radius 3 is 2.53 bits per heavy atom. The van der Waals surface area contributed by atoms with Crippen molar-refractivity contribution in [1.82, 2.24) is 0 Å². The average molecular weight is 205 g/mol. The van der Waals surface area contributed by atoms with Crippen LogP contribution in [0.4, 0.5) is 5.69 Å². The fourth-order valence-corrected chi connectivity index (χ4v) is 1.18. The largest absolute Gasteiger partial charge is 0.466 e. The SMILES string of the molecule is C=C(C(=O)OC)C(C)Nc1ccccc1. The highest BCUT2D eigenvalue weighted by atomic mass is 16.5. The first-order valence-electron chi connectivity index (χ1n) is 4.74. The number of carbonyl (C=O) groups excluding carboxylic acids is 1. The predicted molar refractivity (Wildman–Crippen MR) is 60.7 cm³/mol. The molecule has 1 aromatic carbocycles. The van der Waals surface area contributed by atoms with Crippen molar-refractivity contribution in [3.8, 4) is 0 Å². The van der Waals surface area contributed by atoms with Gasteiger partial charge in [-0.2, -0.15) is 0 Å². The molecule has 0 aromatic heterocycles. The Kier molecular flexibility index (Phi) is 3.92. The second-order valence-corrected chi connectivity index (χ2v) is 3.25. The molecule has 3 nitrogen and oxygen atoms in total. The van der Waals surface area contributed by atoms with Crippen LogP contribution in [0.2, 0.25) is 0 Å². The lowest BCUT2D eigenvalue weighted by Gasteiger charge is -2.15. The van der Waals surface area contributed by atoms with E-state index in [0.29, 0.717) is 5.57 Å². The second-order valence-electron chi connectivity index (χ2n) is 3.25. The number of esters is 1. The Bertz CT molecular complexity index is 346. The third-order valence-corrected chi connectivity index (χ3v) is 2.13. The van der Waals surface area contributed by atoms with Crippen LogP contribution in [0.3, 0.4) is 0 Å². The smallest absolute Gasteiger partial charge is 0.335 e. The molecule has 0 bridgehead atoms. The zero-order valence-corrected chi connectivity index (χ0v) is 8.99. The number of hydrogen-bond acceptors (Lipinski definition) is 3. The van der Waals surface area contributed by atoms with Crippen LogP contribution in [0.25, 0.3) is 0 Å². The Labute approximate surface area is 89.8 Å². The highest BCUT2D eigenvalue weighted by Crippen LogP contribution is 2.11. The molecule has 0 amide bonds. The standard InChI is InChI=1S/C12H15NO2/c1-9(12(14)15-3)10(2)13-11-7-5-4-6-8-11/h4-8,10,13H,1H2,2-3H3. The highest BCUT2D eigenvalue weighted by Gasteiger charge is 2.14. The summed E-state index contributed by atoms with van der Waals surface area (Å²) in [5.74, 6) is -0.383. The first-order valence-corrected chi connectivity index (χ1v) is 4.74. The van der Waals surface area contributed by atoms with Gasteiger partial charge in [0.25, 0.3) is 0 Å². The summed E-state index contributed by atoms with van der Waals surface area (Å²) in [7, 11) is 1.35. The summed E-state index contributed by atoms with van der Waals surface area (Å²) in [5, 5.41) is 3.16. The predicted octanol–water partition coefficient (Wildman–Crippen LogP) is 2.22. The summed E-state index contributed by atoms with van der Waals surface area (Å²) < 4.78 is 4.59. The molecule has 0 fully saturated rings. The lowest BCUT2D eigenvalue weighted by molar-refractivity contribution is -0.136. The molecule has 1 N–H and O–H groups in total. The molecular weight excluding hydrogens is 190 g/mol. The quantitative estimate of drug-likeness (QED) is 0.605. The minimum Gasteiger partial charge on any atom is -0.466 e. The Morgan fingerprint density at radius 1 is 1.40 bits per heavy atom. The number of carbonyl (C=O) groups is 1. The van der Waals surface area contributed by atoms with Crippen LogP contribution < -0.4 is 5.32 Å². The molecule has 0 spiro atoms. The molecule has 0 saturated carbocycles. The first kappa shape index (κ1) is 11.3. The van der Waals surface area contributed by atoms with Crippen molar-refractivity contribution in [2.45, 2.75) is 13.0 Å². The third kappa shape index (κ3) is 3.13. The van der Waals surface area contributed by atoms with Gasteiger partial charge in [-0.3, -0.25) is 0 Å². The van der Waals surface area contributed by atoms with Gasteiger partial charge < -0.3 is 10.1 Å². The van der Waals surface area contributed by atoms with E-state index in [1.54, 1.807) is 0 Å². The van der Waals surface area contributed by atoms with Crippen LogP contribution in [0.1, 0.15) is 6.92 Å². The lowest BCUT2D eigenvalue weighted by atomic mass is 10.1. The molecule has 1 rings (SSSR count). The third-order valence-electron chi connectivity index (χ3n) is 2.13. The summed E-state index contributed by atoms with van der Waals surface area (Å²) in [6.07, 6.45) is 0. The van der Waals surface area contributed by atoms with Crippen molar-refractivity contribution < 1.29 is 9.53 Å². The zero-order chi connectivity index (χ0) is 11.3. The highest BCUT2D eigenvalue weighted by molar-refractivity contribution is 5.89. The summed E-state index contributed by atoms with van der Waals surface area (Å²) >= 11 is 0. The first-order chi connectivity index (χ1) is 7.15. The molecular formula is C12H15NO2. The molecule has 0 aliphatic carbocycles. The molecule has 0 aliphatic heterocycles. The van der Waals surface area contributed by atoms with Gasteiger partial charge in [-0.15, -0.1) is 0 Å². The Hall–Kier alpha value is -1.77. The number of benzene rings is 1. The van der Waals surface area contributed by atoms with E-state index in [-0.39, 0.29) is 12.0 Å².